The molecule has 0 unspecified atom stereocenters. The highest BCUT2D eigenvalue weighted by atomic mass is 16.7. The van der Waals surface area contributed by atoms with Gasteiger partial charge in [0.05, 0.1) is 23.1 Å². The van der Waals surface area contributed by atoms with Gasteiger partial charge in [-0.05, 0) is 39.2 Å². The van der Waals surface area contributed by atoms with E-state index in [-0.39, 0.29) is 24.1 Å². The average Bonchev–Trinajstić information content (AvgIpc) is 2.67. The van der Waals surface area contributed by atoms with Gasteiger partial charge in [0.2, 0.25) is 5.91 Å². The first-order chi connectivity index (χ1) is 11.0. The number of nitrogen functional groups attached to an aromatic ring is 2. The van der Waals surface area contributed by atoms with Crippen molar-refractivity contribution in [2.24, 2.45) is 0 Å². The molecule has 0 aromatic carbocycles. The predicted octanol–water partition coefficient (Wildman–Crippen LogP) is 0.792. The topological polar surface area (TPSA) is 125 Å². The molecule has 24 heavy (non-hydrogen) atoms. The number of nitrogens with zero attached hydrogens (tertiary/aromatic N) is 2. The van der Waals surface area contributed by atoms with Crippen LogP contribution >= 0.6 is 0 Å². The van der Waals surface area contributed by atoms with E-state index in [4.69, 9.17) is 20.8 Å². The van der Waals surface area contributed by atoms with Crippen molar-refractivity contribution in [3.63, 3.8) is 0 Å². The Morgan fingerprint density at radius 3 is 2.33 bits per heavy atom. The lowest BCUT2D eigenvalue weighted by molar-refractivity contribution is -0.118. The Hall–Kier alpha value is -2.13. The minimum atomic E-state index is -0.609. The molecule has 0 spiro atoms. The molecule has 1 aromatic rings. The van der Waals surface area contributed by atoms with Gasteiger partial charge in [0.25, 0.3) is 0 Å². The normalized spacial score (nSPS) is 19.4. The number of hydrogen-bond donors (Lipinski definition) is 3. The van der Waals surface area contributed by atoms with Crippen LogP contribution in [0.15, 0.2) is 11.7 Å². The highest BCUT2D eigenvalue weighted by molar-refractivity contribution is 6.56. The second-order valence-electron chi connectivity index (χ2n) is 6.78. The van der Waals surface area contributed by atoms with Crippen LogP contribution < -0.4 is 16.8 Å². The van der Waals surface area contributed by atoms with E-state index in [0.717, 1.165) is 0 Å². The van der Waals surface area contributed by atoms with E-state index in [1.54, 1.807) is 6.08 Å². The van der Waals surface area contributed by atoms with Crippen molar-refractivity contribution in [1.82, 2.24) is 15.3 Å². The van der Waals surface area contributed by atoms with E-state index in [1.807, 2.05) is 27.7 Å². The molecule has 1 amide bonds. The zero-order chi connectivity index (χ0) is 18.1. The number of carbonyl (C=O) groups excluding carboxylic acids is 1. The van der Waals surface area contributed by atoms with Crippen LogP contribution in [-0.4, -0.2) is 40.7 Å². The van der Waals surface area contributed by atoms with Crippen LogP contribution in [0.2, 0.25) is 0 Å². The quantitative estimate of drug-likeness (QED) is 0.696. The summed E-state index contributed by atoms with van der Waals surface area (Å²) in [7, 11) is -0.609. The molecule has 1 aliphatic heterocycles. The first kappa shape index (κ1) is 18.2. The van der Waals surface area contributed by atoms with Crippen molar-refractivity contribution in [3.8, 4) is 0 Å². The number of amides is 1. The largest absolute Gasteiger partial charge is 0.492 e. The van der Waals surface area contributed by atoms with Crippen molar-refractivity contribution >= 4 is 30.7 Å². The van der Waals surface area contributed by atoms with Gasteiger partial charge < -0.3 is 26.1 Å². The van der Waals surface area contributed by atoms with Crippen molar-refractivity contribution in [1.29, 1.82) is 0 Å². The zero-order valence-electron chi connectivity index (χ0n) is 14.7. The molecule has 8 nitrogen and oxygen atoms in total. The number of hydrogen-bond acceptors (Lipinski definition) is 7. The molecule has 0 bridgehead atoms. The summed E-state index contributed by atoms with van der Waals surface area (Å²) in [6.45, 7) is 9.56. The van der Waals surface area contributed by atoms with Crippen LogP contribution in [0.25, 0.3) is 6.08 Å². The first-order valence-electron chi connectivity index (χ1n) is 7.70. The summed E-state index contributed by atoms with van der Waals surface area (Å²) in [5.41, 5.74) is 11.5. The summed E-state index contributed by atoms with van der Waals surface area (Å²) in [6, 6.07) is 0. The van der Waals surface area contributed by atoms with Gasteiger partial charge in [0.15, 0.2) is 11.6 Å². The van der Waals surface area contributed by atoms with Crippen LogP contribution in [-0.2, 0) is 14.1 Å². The minimum absolute atomic E-state index is 0.150. The molecule has 5 N–H and O–H groups in total. The van der Waals surface area contributed by atoms with Crippen molar-refractivity contribution in [2.75, 3.05) is 18.0 Å². The Morgan fingerprint density at radius 2 is 1.83 bits per heavy atom. The van der Waals surface area contributed by atoms with Crippen LogP contribution in [0.3, 0.4) is 0 Å². The monoisotopic (exact) mass is 333 g/mol. The third-order valence-corrected chi connectivity index (χ3v) is 4.28. The number of nitrogens with one attached hydrogen (secondary N) is 1. The highest BCUT2D eigenvalue weighted by Gasteiger charge is 2.52. The first-order valence-corrected chi connectivity index (χ1v) is 7.70. The lowest BCUT2D eigenvalue weighted by Gasteiger charge is -2.32. The predicted molar refractivity (Wildman–Crippen MR) is 93.6 cm³/mol. The lowest BCUT2D eigenvalue weighted by atomic mass is 9.77. The molecule has 1 saturated heterocycles. The van der Waals surface area contributed by atoms with Gasteiger partial charge in [-0.25, -0.2) is 9.97 Å². The highest BCUT2D eigenvalue weighted by Crippen LogP contribution is 2.38. The van der Waals surface area contributed by atoms with Gasteiger partial charge in [0, 0.05) is 13.5 Å². The average molecular weight is 333 g/mol. The number of carbonyl (C=O) groups is 1. The number of aromatic nitrogens is 2. The maximum atomic E-state index is 11.3. The van der Waals surface area contributed by atoms with E-state index in [0.29, 0.717) is 11.2 Å². The summed E-state index contributed by atoms with van der Waals surface area (Å²) < 4.78 is 12.1. The molecule has 2 heterocycles. The summed E-state index contributed by atoms with van der Waals surface area (Å²) in [5.74, 6) is 0.170. The Labute approximate surface area is 142 Å². The van der Waals surface area contributed by atoms with E-state index in [1.165, 1.54) is 13.1 Å². The van der Waals surface area contributed by atoms with E-state index < -0.39 is 18.3 Å². The molecule has 9 heteroatoms. The summed E-state index contributed by atoms with van der Waals surface area (Å²) in [4.78, 5) is 19.4. The van der Waals surface area contributed by atoms with Gasteiger partial charge in [-0.3, -0.25) is 4.79 Å². The van der Waals surface area contributed by atoms with Crippen molar-refractivity contribution in [3.05, 3.63) is 17.4 Å². The molecule has 0 radical (unpaired) electrons. The Balaban J connectivity index is 2.33. The second kappa shape index (κ2) is 6.41. The van der Waals surface area contributed by atoms with Crippen LogP contribution in [0.1, 0.15) is 40.3 Å². The van der Waals surface area contributed by atoms with Gasteiger partial charge >= 0.3 is 7.12 Å². The SMILES string of the molecule is CC(=O)NCC(=Cc1cnc(N)c(N)n1)B1OC(C)(C)C(C)(C)O1. The minimum Gasteiger partial charge on any atom is -0.400 e. The summed E-state index contributed by atoms with van der Waals surface area (Å²) in [5, 5.41) is 2.75. The van der Waals surface area contributed by atoms with Crippen LogP contribution in [0.5, 0.6) is 0 Å². The Bertz CT molecular complexity index is 659. The summed E-state index contributed by atoms with van der Waals surface area (Å²) in [6.07, 6.45) is 3.24. The maximum Gasteiger partial charge on any atom is 0.492 e. The molecule has 0 saturated carbocycles. The fourth-order valence-electron chi connectivity index (χ4n) is 2.11. The fourth-order valence-corrected chi connectivity index (χ4v) is 2.11. The van der Waals surface area contributed by atoms with Crippen molar-refractivity contribution < 1.29 is 14.1 Å². The zero-order valence-corrected chi connectivity index (χ0v) is 14.7. The molecule has 1 fully saturated rings. The smallest absolute Gasteiger partial charge is 0.400 e. The third-order valence-electron chi connectivity index (χ3n) is 4.28. The van der Waals surface area contributed by atoms with Crippen LogP contribution in [0, 0.1) is 0 Å². The van der Waals surface area contributed by atoms with Gasteiger partial charge in [-0.2, -0.15) is 0 Å². The Morgan fingerprint density at radius 1 is 1.25 bits per heavy atom. The third kappa shape index (κ3) is 3.85. The fraction of sp³-hybridized carbons (Fsp3) is 0.533. The van der Waals surface area contributed by atoms with Gasteiger partial charge in [-0.1, -0.05) is 0 Å². The summed E-state index contributed by atoms with van der Waals surface area (Å²) >= 11 is 0. The van der Waals surface area contributed by atoms with Gasteiger partial charge in [0.1, 0.15) is 0 Å². The standard InChI is InChI=1S/C15H24BN5O3/c1-9(22)19-7-10(6-11-8-20-12(17)13(18)21-11)16-23-14(2,3)15(4,5)24-16/h6,8H,7H2,1-5H3,(H2,17,20)(H2,18,21)(H,19,22). The van der Waals surface area contributed by atoms with E-state index in [9.17, 15) is 4.79 Å². The number of rotatable bonds is 4. The molecule has 0 aliphatic carbocycles. The van der Waals surface area contributed by atoms with E-state index >= 15 is 0 Å². The molecular weight excluding hydrogens is 309 g/mol. The molecule has 0 atom stereocenters. The Kier molecular flexibility index (Phi) is 4.86. The molecular formula is C15H24BN5O3. The maximum absolute atomic E-state index is 11.3. The molecule has 2 rings (SSSR count). The van der Waals surface area contributed by atoms with Crippen molar-refractivity contribution in [2.45, 2.75) is 45.8 Å². The molecule has 1 aromatic heterocycles. The molecule has 1 aliphatic rings. The second-order valence-corrected chi connectivity index (χ2v) is 6.78. The number of nitrogens with two attached hydrogens (primary N) is 2. The van der Waals surface area contributed by atoms with Gasteiger partial charge in [-0.15, -0.1) is 0 Å². The van der Waals surface area contributed by atoms with Crippen LogP contribution in [0.4, 0.5) is 11.6 Å². The molecule has 130 valence electrons. The number of anilines is 2. The van der Waals surface area contributed by atoms with E-state index in [2.05, 4.69) is 15.3 Å². The lowest BCUT2D eigenvalue weighted by Crippen LogP contribution is -2.41.